The number of carbonyl (C=O) groups is 3. The molecule has 2 aromatic heterocycles. The van der Waals surface area contributed by atoms with Gasteiger partial charge in [-0.05, 0) is 38.1 Å². The van der Waals surface area contributed by atoms with Crippen LogP contribution in [0, 0.1) is 11.3 Å². The molecule has 1 fully saturated rings. The van der Waals surface area contributed by atoms with Crippen molar-refractivity contribution in [1.82, 2.24) is 19.7 Å². The highest BCUT2D eigenvalue weighted by Crippen LogP contribution is 2.48. The van der Waals surface area contributed by atoms with Gasteiger partial charge < -0.3 is 29.2 Å². The Labute approximate surface area is 251 Å². The molecule has 16 nitrogen and oxygen atoms in total. The Hall–Kier alpha value is -4.55. The van der Waals surface area contributed by atoms with Gasteiger partial charge in [-0.1, -0.05) is 18.2 Å². The second kappa shape index (κ2) is 13.4. The molecule has 3 aromatic rings. The quantitative estimate of drug-likeness (QED) is 0.166. The number of ether oxygens (including phenoxy) is 4. The molecule has 0 unspecified atom stereocenters. The van der Waals surface area contributed by atoms with Crippen molar-refractivity contribution in [1.29, 1.82) is 5.26 Å². The Morgan fingerprint density at radius 1 is 1.18 bits per heavy atom. The zero-order valence-electron chi connectivity index (χ0n) is 24.2. The van der Waals surface area contributed by atoms with Crippen LogP contribution in [0.4, 0.5) is 5.82 Å². The van der Waals surface area contributed by atoms with Crippen molar-refractivity contribution >= 4 is 37.0 Å². The molecule has 0 radical (unpaired) electrons. The fourth-order valence-electron chi connectivity index (χ4n) is 4.61. The highest BCUT2D eigenvalue weighted by molar-refractivity contribution is 7.52. The number of fused-ring (bicyclic) bond motifs is 1. The first-order chi connectivity index (χ1) is 20.9. The maximum absolute atomic E-state index is 14.0. The van der Waals surface area contributed by atoms with Crippen LogP contribution in [0.25, 0.3) is 5.52 Å². The highest BCUT2D eigenvalue weighted by atomic mass is 31.2. The van der Waals surface area contributed by atoms with E-state index in [0.29, 0.717) is 5.52 Å². The highest BCUT2D eigenvalue weighted by Gasteiger charge is 2.62. The number of nitrogens with one attached hydrogen (secondary N) is 1. The topological polar surface area (TPSA) is 216 Å². The van der Waals surface area contributed by atoms with Crippen LogP contribution in [0.5, 0.6) is 5.75 Å². The van der Waals surface area contributed by atoms with Gasteiger partial charge in [-0.25, -0.2) is 14.1 Å². The first-order valence-electron chi connectivity index (χ1n) is 13.4. The molecule has 4 rings (SSSR count). The predicted octanol–water partition coefficient (Wildman–Crippen LogP) is 2.04. The minimum absolute atomic E-state index is 0.0766. The number of hydrogen-bond acceptors (Lipinski definition) is 14. The summed E-state index contributed by atoms with van der Waals surface area (Å²) < 4.78 is 48.9. The van der Waals surface area contributed by atoms with E-state index < -0.39 is 62.2 Å². The van der Waals surface area contributed by atoms with Crippen molar-refractivity contribution in [2.24, 2.45) is 0 Å². The number of nitrogens with zero attached hydrogens (tertiary/aromatic N) is 4. The lowest BCUT2D eigenvalue weighted by Crippen LogP contribution is -2.45. The van der Waals surface area contributed by atoms with Gasteiger partial charge in [-0.2, -0.15) is 15.4 Å². The SMILES string of the molecule is CCOC(=O)[C@H](C)N[P@](=O)(OC[C@H]1O[C@@](C#N)(c2ccc3c(N)ncnn23)[C@H](OC(C)=O)[C@@H]1OC(C)=O)Oc1ccccc1. The minimum Gasteiger partial charge on any atom is -0.465 e. The largest absolute Gasteiger partial charge is 0.465 e. The minimum atomic E-state index is -4.40. The van der Waals surface area contributed by atoms with E-state index in [1.807, 2.05) is 6.07 Å². The van der Waals surface area contributed by atoms with E-state index >= 15 is 0 Å². The number of hydrogen-bond donors (Lipinski definition) is 2. The summed E-state index contributed by atoms with van der Waals surface area (Å²) >= 11 is 0. The number of carbonyl (C=O) groups excluding carboxylic acids is 3. The predicted molar refractivity (Wildman–Crippen MR) is 151 cm³/mol. The smallest absolute Gasteiger partial charge is 0.459 e. The number of anilines is 1. The van der Waals surface area contributed by atoms with Gasteiger partial charge in [-0.15, -0.1) is 0 Å². The number of rotatable bonds is 12. The normalized spacial score (nSPS) is 23.2. The summed E-state index contributed by atoms with van der Waals surface area (Å²) in [5, 5.41) is 17.2. The summed E-state index contributed by atoms with van der Waals surface area (Å²) in [5.41, 5.74) is 4.25. The van der Waals surface area contributed by atoms with Crippen molar-refractivity contribution in [3.8, 4) is 11.8 Å². The second-order valence-electron chi connectivity index (χ2n) is 9.57. The van der Waals surface area contributed by atoms with Crippen molar-refractivity contribution in [2.45, 2.75) is 57.6 Å². The Balaban J connectivity index is 1.73. The lowest BCUT2D eigenvalue weighted by atomic mass is 9.92. The summed E-state index contributed by atoms with van der Waals surface area (Å²) in [5.74, 6) is -2.08. The molecule has 0 spiro atoms. The molecular weight excluding hydrogens is 599 g/mol. The zero-order valence-corrected chi connectivity index (χ0v) is 25.1. The van der Waals surface area contributed by atoms with Crippen molar-refractivity contribution < 1.29 is 46.9 Å². The maximum Gasteiger partial charge on any atom is 0.459 e. The van der Waals surface area contributed by atoms with Crippen LogP contribution in [-0.4, -0.2) is 70.1 Å². The van der Waals surface area contributed by atoms with E-state index in [1.165, 1.54) is 35.7 Å². The average Bonchev–Trinajstić information content (AvgIpc) is 3.53. The summed E-state index contributed by atoms with van der Waals surface area (Å²) in [6.07, 6.45) is -3.18. The molecule has 1 saturated heterocycles. The summed E-state index contributed by atoms with van der Waals surface area (Å²) in [6, 6.07) is 11.9. The van der Waals surface area contributed by atoms with Gasteiger partial charge in [0.25, 0.3) is 0 Å². The van der Waals surface area contributed by atoms with Crippen LogP contribution in [-0.2, 0) is 48.0 Å². The van der Waals surface area contributed by atoms with Gasteiger partial charge >= 0.3 is 25.7 Å². The molecule has 3 N–H and O–H groups in total. The number of benzene rings is 1. The molecule has 1 aliphatic rings. The van der Waals surface area contributed by atoms with Gasteiger partial charge in [-0.3, -0.25) is 18.9 Å². The van der Waals surface area contributed by atoms with Gasteiger partial charge in [0.05, 0.1) is 18.9 Å². The number of nitrogens with two attached hydrogens (primary N) is 1. The Bertz CT molecular complexity index is 1610. The van der Waals surface area contributed by atoms with E-state index in [2.05, 4.69) is 15.2 Å². The molecule has 0 amide bonds. The van der Waals surface area contributed by atoms with E-state index in [1.54, 1.807) is 25.1 Å². The first kappa shape index (κ1) is 32.4. The van der Waals surface area contributed by atoms with E-state index in [9.17, 15) is 24.2 Å². The van der Waals surface area contributed by atoms with Crippen molar-refractivity contribution in [2.75, 3.05) is 18.9 Å². The number of esters is 3. The molecule has 0 aliphatic carbocycles. The summed E-state index contributed by atoms with van der Waals surface area (Å²) in [6.45, 7) is 4.68. The fourth-order valence-corrected chi connectivity index (χ4v) is 6.11. The summed E-state index contributed by atoms with van der Waals surface area (Å²) in [7, 11) is -4.40. The molecule has 0 saturated carbocycles. The number of nitriles is 1. The first-order valence-corrected chi connectivity index (χ1v) is 14.9. The molecule has 1 aliphatic heterocycles. The molecule has 1 aromatic carbocycles. The van der Waals surface area contributed by atoms with Crippen molar-refractivity contribution in [3.63, 3.8) is 0 Å². The van der Waals surface area contributed by atoms with E-state index in [-0.39, 0.29) is 23.9 Å². The Morgan fingerprint density at radius 2 is 1.89 bits per heavy atom. The lowest BCUT2D eigenvalue weighted by molar-refractivity contribution is -0.166. The van der Waals surface area contributed by atoms with Gasteiger partial charge in [0, 0.05) is 13.8 Å². The van der Waals surface area contributed by atoms with Crippen LogP contribution >= 0.6 is 7.75 Å². The third-order valence-corrected chi connectivity index (χ3v) is 8.04. The maximum atomic E-state index is 14.0. The molecule has 44 heavy (non-hydrogen) atoms. The number of aromatic nitrogens is 3. The zero-order chi connectivity index (χ0) is 32.1. The summed E-state index contributed by atoms with van der Waals surface area (Å²) in [4.78, 5) is 40.7. The van der Waals surface area contributed by atoms with Crippen molar-refractivity contribution in [3.05, 3.63) is 54.5 Å². The van der Waals surface area contributed by atoms with Crippen LogP contribution in [0.15, 0.2) is 48.8 Å². The Kier molecular flexibility index (Phi) is 9.85. The molecular formula is C27H31N6O10P. The van der Waals surface area contributed by atoms with E-state index in [0.717, 1.165) is 20.2 Å². The number of para-hydroxylation sites is 1. The van der Waals surface area contributed by atoms with Gasteiger partial charge in [0.1, 0.15) is 35.8 Å². The van der Waals surface area contributed by atoms with E-state index in [4.69, 9.17) is 33.7 Å². The van der Waals surface area contributed by atoms with Gasteiger partial charge in [0.15, 0.2) is 18.0 Å². The standard InChI is InChI=1S/C27H31N6O10P/c1-5-38-26(36)16(2)32-44(37,43-19-9-7-6-8-10-19)39-13-21-23(40-17(3)34)24(41-18(4)35)27(14-28,42-21)22-12-11-20-25(29)30-15-31-33(20)22/h6-12,15-16,21,23-24H,5,13H2,1-4H3,(H,32,37)(H2,29,30,31)/t16-,21+,23+,24+,27-,44-/m0/s1. The van der Waals surface area contributed by atoms with Crippen LogP contribution in [0.2, 0.25) is 0 Å². The van der Waals surface area contributed by atoms with Crippen LogP contribution in [0.1, 0.15) is 33.4 Å². The average molecular weight is 631 g/mol. The fraction of sp³-hybridized carbons (Fsp3) is 0.407. The molecule has 6 atom stereocenters. The third kappa shape index (κ3) is 6.81. The molecule has 234 valence electrons. The monoisotopic (exact) mass is 630 g/mol. The molecule has 0 bridgehead atoms. The van der Waals surface area contributed by atoms with Crippen LogP contribution in [0.3, 0.4) is 0 Å². The number of nitrogen functional groups attached to an aromatic ring is 1. The Morgan fingerprint density at radius 3 is 2.52 bits per heavy atom. The van der Waals surface area contributed by atoms with Gasteiger partial charge in [0.2, 0.25) is 5.60 Å². The lowest BCUT2D eigenvalue weighted by Gasteiger charge is -2.28. The molecule has 17 heteroatoms. The second-order valence-corrected chi connectivity index (χ2v) is 11.3. The molecule has 3 heterocycles. The van der Waals surface area contributed by atoms with Crippen LogP contribution < -0.4 is 15.3 Å². The third-order valence-electron chi connectivity index (χ3n) is 6.40.